The maximum absolute atomic E-state index is 13.1. The molecule has 2 N–H and O–H groups in total. The number of fused-ring (bicyclic) bond motifs is 2. The number of benzene rings is 2. The van der Waals surface area contributed by atoms with Gasteiger partial charge in [-0.15, -0.1) is 0 Å². The van der Waals surface area contributed by atoms with E-state index in [2.05, 4.69) is 75.4 Å². The third-order valence-electron chi connectivity index (χ3n) is 15.4. The largest absolute Gasteiger partial charge is 0.389 e. The van der Waals surface area contributed by atoms with Crippen molar-refractivity contribution < 1.29 is 19.8 Å². The van der Waals surface area contributed by atoms with Crippen LogP contribution in [-0.2, 0) is 20.4 Å². The summed E-state index contributed by atoms with van der Waals surface area (Å²) >= 11 is 0. The molecular formula is C44H60N2O4. The van der Waals surface area contributed by atoms with Crippen LogP contribution >= 0.6 is 0 Å². The van der Waals surface area contributed by atoms with E-state index in [1.54, 1.807) is 0 Å². The fourth-order valence-corrected chi connectivity index (χ4v) is 12.8. The Morgan fingerprint density at radius 2 is 1.08 bits per heavy atom. The number of likely N-dealkylation sites (tertiary alicyclic amines) is 2. The van der Waals surface area contributed by atoms with Gasteiger partial charge in [0, 0.05) is 49.9 Å². The molecule has 2 aliphatic heterocycles. The van der Waals surface area contributed by atoms with E-state index in [9.17, 15) is 19.8 Å². The second-order valence-electron chi connectivity index (χ2n) is 18.2. The quantitative estimate of drug-likeness (QED) is 0.348. The van der Waals surface area contributed by atoms with Gasteiger partial charge in [0.2, 0.25) is 11.8 Å². The van der Waals surface area contributed by atoms with Crippen LogP contribution in [0.1, 0.15) is 101 Å². The van der Waals surface area contributed by atoms with E-state index in [4.69, 9.17) is 0 Å². The summed E-state index contributed by atoms with van der Waals surface area (Å²) < 4.78 is 0. The number of β-amino-alcohol motifs (C(OH)–C–C–N with tert-alkyl or cyclic N) is 2. The molecule has 10 rings (SSSR count). The zero-order valence-electron chi connectivity index (χ0n) is 30.7. The number of aliphatic hydroxyl groups is 2. The van der Waals surface area contributed by atoms with E-state index in [1.807, 2.05) is 9.80 Å². The highest BCUT2D eigenvalue weighted by Gasteiger charge is 2.61. The van der Waals surface area contributed by atoms with Crippen molar-refractivity contribution in [3.63, 3.8) is 0 Å². The van der Waals surface area contributed by atoms with Gasteiger partial charge in [-0.05, 0) is 117 Å². The molecule has 6 nitrogen and oxygen atoms in total. The number of nitrogens with zero attached hydrogens (tertiary/aromatic N) is 2. The van der Waals surface area contributed by atoms with Crippen LogP contribution in [0, 0.1) is 54.3 Å². The summed E-state index contributed by atoms with van der Waals surface area (Å²) in [6.07, 6.45) is 12.2. The van der Waals surface area contributed by atoms with Crippen molar-refractivity contribution in [2.45, 2.75) is 114 Å². The molecule has 2 heterocycles. The minimum absolute atomic E-state index is 0.0175. The normalized spacial score (nSPS) is 38.9. The Kier molecular flexibility index (Phi) is 9.20. The number of amides is 2. The minimum atomic E-state index is -0.312. The molecule has 6 aliphatic carbocycles. The Bertz CT molecular complexity index is 1480. The van der Waals surface area contributed by atoms with Crippen LogP contribution in [0.2, 0.25) is 0 Å². The number of rotatable bonds is 6. The summed E-state index contributed by atoms with van der Waals surface area (Å²) in [5.74, 6) is 6.45. The summed E-state index contributed by atoms with van der Waals surface area (Å²) in [5.41, 5.74) is 4.11. The number of hydrogen-bond donors (Lipinski definition) is 2. The molecule has 6 bridgehead atoms. The molecular weight excluding hydrogens is 620 g/mol. The third kappa shape index (κ3) is 5.85. The van der Waals surface area contributed by atoms with Crippen molar-refractivity contribution in [2.24, 2.45) is 47.3 Å². The topological polar surface area (TPSA) is 81.1 Å². The van der Waals surface area contributed by atoms with Gasteiger partial charge >= 0.3 is 0 Å². The summed E-state index contributed by atoms with van der Waals surface area (Å²) in [5, 5.41) is 19.2. The first-order chi connectivity index (χ1) is 24.1. The van der Waals surface area contributed by atoms with Gasteiger partial charge in [-0.3, -0.25) is 9.59 Å². The maximum Gasteiger partial charge on any atom is 0.223 e. The molecule has 6 saturated carbocycles. The lowest BCUT2D eigenvalue weighted by molar-refractivity contribution is -0.151. The summed E-state index contributed by atoms with van der Waals surface area (Å²) in [6, 6.07) is 19.9. The Morgan fingerprint density at radius 3 is 1.54 bits per heavy atom. The molecule has 6 heteroatoms. The van der Waals surface area contributed by atoms with Gasteiger partial charge in [0.1, 0.15) is 0 Å². The van der Waals surface area contributed by atoms with Crippen molar-refractivity contribution in [3.8, 4) is 0 Å². The van der Waals surface area contributed by atoms with Crippen LogP contribution in [0.25, 0.3) is 0 Å². The zero-order chi connectivity index (χ0) is 34.8. The Hall–Kier alpha value is -2.70. The highest BCUT2D eigenvalue weighted by atomic mass is 16.3. The van der Waals surface area contributed by atoms with E-state index in [0.29, 0.717) is 62.7 Å². The van der Waals surface area contributed by atoms with Gasteiger partial charge in [-0.25, -0.2) is 0 Å². The summed E-state index contributed by atoms with van der Waals surface area (Å²) in [7, 11) is 0. The van der Waals surface area contributed by atoms with Crippen molar-refractivity contribution in [1.82, 2.24) is 9.80 Å². The second-order valence-corrected chi connectivity index (χ2v) is 18.2. The summed E-state index contributed by atoms with van der Waals surface area (Å²) in [6.45, 7) is 9.09. The SMILES string of the molecule is CC1CC2CCCC(C1)C2(CC(=O)N1CC(O)C1)c1ccccc1.Cc1ccc(C2(CC(=O)N3CC(O)C3)C3CC4CC2CC(C3)C4C)cc1. The van der Waals surface area contributed by atoms with Crippen LogP contribution in [-0.4, -0.2) is 70.2 Å². The van der Waals surface area contributed by atoms with E-state index in [0.717, 1.165) is 23.7 Å². The van der Waals surface area contributed by atoms with Gasteiger partial charge in [-0.1, -0.05) is 80.4 Å². The first-order valence-corrected chi connectivity index (χ1v) is 20.1. The number of hydrogen-bond acceptors (Lipinski definition) is 4. The number of aryl methyl sites for hydroxylation is 1. The van der Waals surface area contributed by atoms with E-state index in [1.165, 1.54) is 74.5 Å². The van der Waals surface area contributed by atoms with Gasteiger partial charge < -0.3 is 20.0 Å². The Morgan fingerprint density at radius 1 is 0.640 bits per heavy atom. The monoisotopic (exact) mass is 680 g/mol. The summed E-state index contributed by atoms with van der Waals surface area (Å²) in [4.78, 5) is 29.8. The highest BCUT2D eigenvalue weighted by molar-refractivity contribution is 5.79. The molecule has 2 saturated heterocycles. The van der Waals surface area contributed by atoms with Crippen LogP contribution < -0.4 is 0 Å². The first-order valence-electron chi connectivity index (χ1n) is 20.1. The van der Waals surface area contributed by atoms with Crippen molar-refractivity contribution in [2.75, 3.05) is 26.2 Å². The van der Waals surface area contributed by atoms with Gasteiger partial charge in [0.05, 0.1) is 12.2 Å². The molecule has 270 valence electrons. The minimum Gasteiger partial charge on any atom is -0.389 e. The lowest BCUT2D eigenvalue weighted by Crippen LogP contribution is -2.61. The molecule has 2 aromatic carbocycles. The van der Waals surface area contributed by atoms with Crippen LogP contribution in [0.15, 0.2) is 54.6 Å². The zero-order valence-corrected chi connectivity index (χ0v) is 30.7. The molecule has 2 aromatic rings. The lowest BCUT2D eigenvalue weighted by Gasteiger charge is -2.64. The smallest absolute Gasteiger partial charge is 0.223 e. The standard InChI is InChI=1S/C23H31NO2.C21H29NO2/c1-14-3-5-18(6-4-14)23(11-22(26)24-12-21(25)13-24)19-7-16-8-20(23)10-17(9-19)15(16)2;1-15-10-17-8-5-9-18(11-15)21(17,16-6-3-2-4-7-16)12-20(24)22-13-19(23)14-22/h3-6,15-17,19-21,25H,7-13H2,1-2H3;2-4,6-7,15,17-19,23H,5,8-14H2,1H3. The predicted molar refractivity (Wildman–Crippen MR) is 196 cm³/mol. The number of carbonyl (C=O) groups excluding carboxylic acids is 2. The van der Waals surface area contributed by atoms with Gasteiger partial charge in [-0.2, -0.15) is 0 Å². The fourth-order valence-electron chi connectivity index (χ4n) is 12.8. The van der Waals surface area contributed by atoms with E-state index >= 15 is 0 Å². The Labute approximate surface area is 300 Å². The molecule has 0 aromatic heterocycles. The number of carbonyl (C=O) groups is 2. The highest BCUT2D eigenvalue weighted by Crippen LogP contribution is 2.66. The van der Waals surface area contributed by atoms with Crippen LogP contribution in [0.4, 0.5) is 0 Å². The molecule has 0 radical (unpaired) electrons. The van der Waals surface area contributed by atoms with Crippen molar-refractivity contribution in [3.05, 3.63) is 71.3 Å². The molecule has 0 spiro atoms. The molecule has 8 aliphatic rings. The average Bonchev–Trinajstić information content (AvgIpc) is 3.06. The predicted octanol–water partition coefficient (Wildman–Crippen LogP) is 6.89. The molecule has 50 heavy (non-hydrogen) atoms. The van der Waals surface area contributed by atoms with Crippen LogP contribution in [0.5, 0.6) is 0 Å². The van der Waals surface area contributed by atoms with Gasteiger partial charge in [0.25, 0.3) is 0 Å². The van der Waals surface area contributed by atoms with Crippen LogP contribution in [0.3, 0.4) is 0 Å². The van der Waals surface area contributed by atoms with E-state index < -0.39 is 0 Å². The maximum atomic E-state index is 13.1. The molecule has 2 atom stereocenters. The third-order valence-corrected chi connectivity index (χ3v) is 15.4. The molecule has 2 amide bonds. The molecule has 2 unspecified atom stereocenters. The first kappa shape index (κ1) is 34.4. The number of aliphatic hydroxyl groups excluding tert-OH is 2. The average molecular weight is 681 g/mol. The van der Waals surface area contributed by atoms with Crippen molar-refractivity contribution >= 4 is 11.8 Å². The Balaban J connectivity index is 0.000000145. The van der Waals surface area contributed by atoms with E-state index in [-0.39, 0.29) is 34.9 Å². The van der Waals surface area contributed by atoms with Gasteiger partial charge in [0.15, 0.2) is 0 Å². The molecule has 8 fully saturated rings. The fraction of sp³-hybridized carbons (Fsp3) is 0.682. The second kappa shape index (κ2) is 13.4. The van der Waals surface area contributed by atoms with Crippen molar-refractivity contribution in [1.29, 1.82) is 0 Å². The lowest BCUT2D eigenvalue weighted by atomic mass is 9.41.